The van der Waals surface area contributed by atoms with Gasteiger partial charge in [0.05, 0.1) is 6.10 Å². The predicted octanol–water partition coefficient (Wildman–Crippen LogP) is 3.56. The fraction of sp³-hybridized carbons (Fsp3) is 0.385. The van der Waals surface area contributed by atoms with E-state index in [0.29, 0.717) is 0 Å². The summed E-state index contributed by atoms with van der Waals surface area (Å²) in [5, 5.41) is 9.95. The van der Waals surface area contributed by atoms with Crippen molar-refractivity contribution in [1.29, 1.82) is 0 Å². The monoisotopic (exact) mass is 316 g/mol. The molecule has 1 aromatic rings. The van der Waals surface area contributed by atoms with E-state index < -0.39 is 6.10 Å². The van der Waals surface area contributed by atoms with E-state index in [1.54, 1.807) is 0 Å². The van der Waals surface area contributed by atoms with Crippen molar-refractivity contribution < 1.29 is 5.11 Å². The maximum Gasteiger partial charge on any atom is 0.0782 e. The predicted molar refractivity (Wildman–Crippen MR) is 73.1 cm³/mol. The van der Waals surface area contributed by atoms with E-state index in [1.807, 2.05) is 28.4 Å². The number of hydrogen-bond donors (Lipinski definition) is 1. The van der Waals surface area contributed by atoms with E-state index in [1.165, 1.54) is 5.56 Å². The lowest BCUT2D eigenvalue weighted by atomic mass is 9.80. The normalized spacial score (nSPS) is 14.4. The van der Waals surface area contributed by atoms with Crippen LogP contribution in [0, 0.1) is 5.41 Å². The Balaban J connectivity index is 2.72. The van der Waals surface area contributed by atoms with Crippen molar-refractivity contribution in [2.45, 2.75) is 26.4 Å². The third kappa shape index (κ3) is 3.95. The molecule has 0 radical (unpaired) electrons. The summed E-state index contributed by atoms with van der Waals surface area (Å²) in [6, 6.07) is 10.3. The summed E-state index contributed by atoms with van der Waals surface area (Å²) >= 11 is 2.13. The first kappa shape index (κ1) is 12.7. The van der Waals surface area contributed by atoms with E-state index in [0.717, 1.165) is 6.42 Å². The standard InChI is InChI=1S/C13H17IO/c1-13(2,12(15)8-9-14)10-11-6-4-3-5-7-11/h3-9,12,15H,10H2,1-2H3. The average Bonchev–Trinajstić information content (AvgIpc) is 2.19. The molecule has 0 saturated carbocycles. The zero-order valence-electron chi connectivity index (χ0n) is 9.15. The van der Waals surface area contributed by atoms with Gasteiger partial charge in [0.25, 0.3) is 0 Å². The molecule has 0 spiro atoms. The zero-order valence-corrected chi connectivity index (χ0v) is 11.3. The van der Waals surface area contributed by atoms with Crippen LogP contribution in [0.3, 0.4) is 0 Å². The SMILES string of the molecule is CC(C)(Cc1ccccc1)C(O)C=CI. The number of halogens is 1. The van der Waals surface area contributed by atoms with Crippen LogP contribution >= 0.6 is 22.6 Å². The van der Waals surface area contributed by atoms with Gasteiger partial charge in [0.2, 0.25) is 0 Å². The summed E-state index contributed by atoms with van der Waals surface area (Å²) in [5.41, 5.74) is 1.15. The molecule has 0 saturated heterocycles. The van der Waals surface area contributed by atoms with Crippen LogP contribution in [-0.2, 0) is 6.42 Å². The number of benzene rings is 1. The molecule has 1 N–H and O–H groups in total. The molecule has 1 unspecified atom stereocenters. The number of hydrogen-bond acceptors (Lipinski definition) is 1. The minimum absolute atomic E-state index is 0.122. The van der Waals surface area contributed by atoms with Gasteiger partial charge in [-0.05, 0) is 27.6 Å². The Labute approximate surface area is 105 Å². The van der Waals surface area contributed by atoms with Crippen molar-refractivity contribution in [1.82, 2.24) is 0 Å². The maximum atomic E-state index is 9.95. The van der Waals surface area contributed by atoms with E-state index in [-0.39, 0.29) is 5.41 Å². The molecular formula is C13H17IO. The van der Waals surface area contributed by atoms with E-state index in [2.05, 4.69) is 48.6 Å². The van der Waals surface area contributed by atoms with Crippen LogP contribution in [0.1, 0.15) is 19.4 Å². The Morgan fingerprint density at radius 3 is 2.47 bits per heavy atom. The highest BCUT2D eigenvalue weighted by Gasteiger charge is 2.25. The minimum Gasteiger partial charge on any atom is -0.388 e. The molecule has 1 rings (SSSR count). The second-order valence-corrected chi connectivity index (χ2v) is 5.13. The van der Waals surface area contributed by atoms with Gasteiger partial charge in [0.1, 0.15) is 0 Å². The van der Waals surface area contributed by atoms with Gasteiger partial charge < -0.3 is 5.11 Å². The van der Waals surface area contributed by atoms with Crippen molar-refractivity contribution >= 4 is 22.6 Å². The number of aliphatic hydroxyl groups excluding tert-OH is 1. The van der Waals surface area contributed by atoms with Crippen LogP contribution in [0.15, 0.2) is 40.5 Å². The molecule has 0 fully saturated rings. The van der Waals surface area contributed by atoms with Crippen molar-refractivity contribution in [2.24, 2.45) is 5.41 Å². The van der Waals surface area contributed by atoms with Crippen LogP contribution < -0.4 is 0 Å². The first-order valence-electron chi connectivity index (χ1n) is 5.05. The van der Waals surface area contributed by atoms with Gasteiger partial charge in [-0.25, -0.2) is 0 Å². The highest BCUT2D eigenvalue weighted by molar-refractivity contribution is 14.1. The Morgan fingerprint density at radius 2 is 1.93 bits per heavy atom. The zero-order chi connectivity index (χ0) is 11.3. The average molecular weight is 316 g/mol. The van der Waals surface area contributed by atoms with Crippen molar-refractivity contribution in [2.75, 3.05) is 0 Å². The number of aliphatic hydroxyl groups is 1. The maximum absolute atomic E-state index is 9.95. The topological polar surface area (TPSA) is 20.2 Å². The van der Waals surface area contributed by atoms with E-state index >= 15 is 0 Å². The molecule has 0 heterocycles. The Hall–Kier alpha value is -0.350. The van der Waals surface area contributed by atoms with E-state index in [4.69, 9.17) is 0 Å². The summed E-state index contributed by atoms with van der Waals surface area (Å²) < 4.78 is 1.87. The van der Waals surface area contributed by atoms with Gasteiger partial charge in [0, 0.05) is 0 Å². The van der Waals surface area contributed by atoms with Crippen molar-refractivity contribution in [3.63, 3.8) is 0 Å². The van der Waals surface area contributed by atoms with E-state index in [9.17, 15) is 5.11 Å². The largest absolute Gasteiger partial charge is 0.388 e. The first-order valence-corrected chi connectivity index (χ1v) is 6.30. The second-order valence-electron chi connectivity index (χ2n) is 4.41. The first-order chi connectivity index (χ1) is 7.06. The molecule has 1 atom stereocenters. The van der Waals surface area contributed by atoms with Crippen LogP contribution in [0.25, 0.3) is 0 Å². The Bertz CT molecular complexity index is 317. The quantitative estimate of drug-likeness (QED) is 0.842. The lowest BCUT2D eigenvalue weighted by Gasteiger charge is -2.28. The number of rotatable bonds is 4. The molecule has 2 heteroatoms. The Morgan fingerprint density at radius 1 is 1.33 bits per heavy atom. The molecule has 15 heavy (non-hydrogen) atoms. The molecule has 0 aliphatic heterocycles. The van der Waals surface area contributed by atoms with Gasteiger partial charge in [-0.1, -0.05) is 66.8 Å². The summed E-state index contributed by atoms with van der Waals surface area (Å²) in [4.78, 5) is 0. The highest BCUT2D eigenvalue weighted by Crippen LogP contribution is 2.27. The third-order valence-electron chi connectivity index (χ3n) is 2.56. The van der Waals surface area contributed by atoms with Crippen LogP contribution in [0.4, 0.5) is 0 Å². The van der Waals surface area contributed by atoms with Crippen LogP contribution in [-0.4, -0.2) is 11.2 Å². The van der Waals surface area contributed by atoms with Gasteiger partial charge in [-0.2, -0.15) is 0 Å². The second kappa shape index (κ2) is 5.66. The summed E-state index contributed by atoms with van der Waals surface area (Å²) in [6.45, 7) is 4.17. The molecule has 0 aliphatic rings. The van der Waals surface area contributed by atoms with Gasteiger partial charge in [-0.3, -0.25) is 0 Å². The fourth-order valence-corrected chi connectivity index (χ4v) is 1.95. The molecular weight excluding hydrogens is 299 g/mol. The fourth-order valence-electron chi connectivity index (χ4n) is 1.56. The lowest BCUT2D eigenvalue weighted by Crippen LogP contribution is -2.29. The van der Waals surface area contributed by atoms with Crippen LogP contribution in [0.5, 0.6) is 0 Å². The van der Waals surface area contributed by atoms with Gasteiger partial charge in [-0.15, -0.1) is 0 Å². The summed E-state index contributed by atoms with van der Waals surface area (Å²) in [6.07, 6.45) is 2.33. The molecule has 0 aliphatic carbocycles. The summed E-state index contributed by atoms with van der Waals surface area (Å²) in [7, 11) is 0. The third-order valence-corrected chi connectivity index (χ3v) is 2.97. The van der Waals surface area contributed by atoms with Crippen LogP contribution in [0.2, 0.25) is 0 Å². The lowest BCUT2D eigenvalue weighted by molar-refractivity contribution is 0.0911. The Kier molecular flexibility index (Phi) is 4.80. The summed E-state index contributed by atoms with van der Waals surface area (Å²) in [5.74, 6) is 0. The molecule has 0 amide bonds. The highest BCUT2D eigenvalue weighted by atomic mass is 127. The van der Waals surface area contributed by atoms with Gasteiger partial charge >= 0.3 is 0 Å². The van der Waals surface area contributed by atoms with Gasteiger partial charge in [0.15, 0.2) is 0 Å². The van der Waals surface area contributed by atoms with Crippen molar-refractivity contribution in [3.8, 4) is 0 Å². The molecule has 0 aromatic heterocycles. The molecule has 82 valence electrons. The molecule has 1 aromatic carbocycles. The van der Waals surface area contributed by atoms with Crippen molar-refractivity contribution in [3.05, 3.63) is 46.1 Å². The smallest absolute Gasteiger partial charge is 0.0782 e. The molecule has 0 bridgehead atoms. The molecule has 1 nitrogen and oxygen atoms in total. The minimum atomic E-state index is -0.394.